The van der Waals surface area contributed by atoms with Gasteiger partial charge in [-0.25, -0.2) is 14.0 Å². The Morgan fingerprint density at radius 3 is 2.80 bits per heavy atom. The fourth-order valence-corrected chi connectivity index (χ4v) is 1.38. The number of halogens is 1. The van der Waals surface area contributed by atoms with Gasteiger partial charge < -0.3 is 20.5 Å². The van der Waals surface area contributed by atoms with Crippen LogP contribution in [0.3, 0.4) is 0 Å². The van der Waals surface area contributed by atoms with E-state index in [1.807, 2.05) is 0 Å². The minimum atomic E-state index is -1.24. The van der Waals surface area contributed by atoms with Crippen LogP contribution in [0.25, 0.3) is 0 Å². The number of benzene rings is 1. The predicted molar refractivity (Wildman–Crippen MR) is 70.0 cm³/mol. The molecule has 0 saturated heterocycles. The summed E-state index contributed by atoms with van der Waals surface area (Å²) in [5.74, 6) is 0.295. The van der Waals surface area contributed by atoms with E-state index in [2.05, 4.69) is 16.6 Å². The van der Waals surface area contributed by atoms with Crippen LogP contribution in [0.4, 0.5) is 14.9 Å². The fourth-order valence-electron chi connectivity index (χ4n) is 1.38. The molecule has 0 aliphatic heterocycles. The quantitative estimate of drug-likeness (QED) is 0.712. The Labute approximate surface area is 114 Å². The molecule has 1 atom stereocenters. The smallest absolute Gasteiger partial charge is 0.327 e. The van der Waals surface area contributed by atoms with Crippen molar-refractivity contribution in [2.75, 3.05) is 12.4 Å². The van der Waals surface area contributed by atoms with Crippen molar-refractivity contribution in [2.24, 2.45) is 0 Å². The number of aliphatic carboxylic acids is 1. The van der Waals surface area contributed by atoms with Gasteiger partial charge in [-0.1, -0.05) is 0 Å². The lowest BCUT2D eigenvalue weighted by Gasteiger charge is -2.13. The number of hydrogen-bond donors (Lipinski definition) is 3. The number of urea groups is 1. The lowest BCUT2D eigenvalue weighted by atomic mass is 10.2. The topological polar surface area (TPSA) is 87.7 Å². The Morgan fingerprint density at radius 2 is 2.25 bits per heavy atom. The van der Waals surface area contributed by atoms with Gasteiger partial charge in [0.05, 0.1) is 7.11 Å². The summed E-state index contributed by atoms with van der Waals surface area (Å²) < 4.78 is 17.9. The summed E-state index contributed by atoms with van der Waals surface area (Å²) >= 11 is 0. The summed E-state index contributed by atoms with van der Waals surface area (Å²) in [6, 6.07) is 1.74. The number of amides is 2. The van der Waals surface area contributed by atoms with Gasteiger partial charge in [0.2, 0.25) is 0 Å². The molecule has 0 aliphatic carbocycles. The van der Waals surface area contributed by atoms with Gasteiger partial charge in [-0.15, -0.1) is 12.3 Å². The Balaban J connectivity index is 2.71. The van der Waals surface area contributed by atoms with Gasteiger partial charge in [-0.3, -0.25) is 0 Å². The number of ether oxygens (including phenoxy) is 1. The number of nitrogens with one attached hydrogen (secondary N) is 2. The van der Waals surface area contributed by atoms with Gasteiger partial charge in [-0.05, 0) is 12.1 Å². The maximum atomic E-state index is 13.2. The zero-order valence-corrected chi connectivity index (χ0v) is 10.6. The van der Waals surface area contributed by atoms with Crippen molar-refractivity contribution in [3.63, 3.8) is 0 Å². The Hall–Kier alpha value is -2.75. The standard InChI is InChI=1S/C13H13FN2O4/c1-3-4-10(12(17)18)16-13(19)15-8-5-6-9(14)11(7-8)20-2/h1,5-7,10H,4H2,2H3,(H,17,18)(H2,15,16,19). The number of terminal acetylenes is 1. The third-order valence-electron chi connectivity index (χ3n) is 2.33. The van der Waals surface area contributed by atoms with Crippen molar-refractivity contribution in [3.05, 3.63) is 24.0 Å². The Bertz CT molecular complexity index is 554. The SMILES string of the molecule is C#CCC(NC(=O)Nc1ccc(F)c(OC)c1)C(=O)O. The monoisotopic (exact) mass is 280 g/mol. The van der Waals surface area contributed by atoms with Crippen LogP contribution in [0.2, 0.25) is 0 Å². The second-order valence-electron chi connectivity index (χ2n) is 3.75. The van der Waals surface area contributed by atoms with Crippen LogP contribution in [-0.4, -0.2) is 30.3 Å². The van der Waals surface area contributed by atoms with Crippen molar-refractivity contribution in [1.29, 1.82) is 0 Å². The van der Waals surface area contributed by atoms with Crippen molar-refractivity contribution in [1.82, 2.24) is 5.32 Å². The molecule has 1 unspecified atom stereocenters. The van der Waals surface area contributed by atoms with Gasteiger partial charge in [0.15, 0.2) is 11.6 Å². The maximum Gasteiger partial charge on any atom is 0.327 e. The number of carboxylic acids is 1. The summed E-state index contributed by atoms with van der Waals surface area (Å²) in [5, 5.41) is 13.4. The molecular weight excluding hydrogens is 267 g/mol. The first-order chi connectivity index (χ1) is 9.47. The molecule has 0 spiro atoms. The molecule has 0 saturated carbocycles. The predicted octanol–water partition coefficient (Wildman–Crippen LogP) is 1.43. The summed E-state index contributed by atoms with van der Waals surface area (Å²) in [5.41, 5.74) is 0.255. The molecule has 1 rings (SSSR count). The van der Waals surface area contributed by atoms with Crippen LogP contribution in [0.1, 0.15) is 6.42 Å². The van der Waals surface area contributed by atoms with Crippen LogP contribution in [0.15, 0.2) is 18.2 Å². The van der Waals surface area contributed by atoms with Crippen molar-refractivity contribution >= 4 is 17.7 Å². The highest BCUT2D eigenvalue weighted by Crippen LogP contribution is 2.21. The highest BCUT2D eigenvalue weighted by Gasteiger charge is 2.18. The second-order valence-corrected chi connectivity index (χ2v) is 3.75. The van der Waals surface area contributed by atoms with E-state index in [-0.39, 0.29) is 17.9 Å². The highest BCUT2D eigenvalue weighted by molar-refractivity contribution is 5.92. The van der Waals surface area contributed by atoms with Crippen LogP contribution < -0.4 is 15.4 Å². The summed E-state index contributed by atoms with van der Waals surface area (Å²) in [6.07, 6.45) is 4.86. The third kappa shape index (κ3) is 4.17. The molecule has 106 valence electrons. The number of hydrogen-bond acceptors (Lipinski definition) is 3. The largest absolute Gasteiger partial charge is 0.494 e. The first-order valence-electron chi connectivity index (χ1n) is 5.55. The number of carbonyl (C=O) groups is 2. The maximum absolute atomic E-state index is 13.2. The number of carbonyl (C=O) groups excluding carboxylic acids is 1. The van der Waals surface area contributed by atoms with E-state index in [0.717, 1.165) is 6.07 Å². The molecule has 20 heavy (non-hydrogen) atoms. The van der Waals surface area contributed by atoms with Crippen LogP contribution >= 0.6 is 0 Å². The van der Waals surface area contributed by atoms with E-state index in [9.17, 15) is 14.0 Å². The van der Waals surface area contributed by atoms with Crippen LogP contribution in [0, 0.1) is 18.2 Å². The van der Waals surface area contributed by atoms with Crippen LogP contribution in [-0.2, 0) is 4.79 Å². The third-order valence-corrected chi connectivity index (χ3v) is 2.33. The van der Waals surface area contributed by atoms with Crippen molar-refractivity contribution in [2.45, 2.75) is 12.5 Å². The number of carboxylic acid groups (broad SMARTS) is 1. The number of anilines is 1. The van der Waals surface area contributed by atoms with Gasteiger partial charge >= 0.3 is 12.0 Å². The molecular formula is C13H13FN2O4. The molecule has 1 aromatic rings. The highest BCUT2D eigenvalue weighted by atomic mass is 19.1. The Kier molecular flexibility index (Phi) is 5.35. The van der Waals surface area contributed by atoms with Gasteiger partial charge in [0, 0.05) is 18.2 Å². The van der Waals surface area contributed by atoms with E-state index >= 15 is 0 Å². The molecule has 7 heteroatoms. The molecule has 6 nitrogen and oxygen atoms in total. The van der Waals surface area contributed by atoms with E-state index in [1.165, 1.54) is 19.2 Å². The minimum absolute atomic E-state index is 0.0405. The van der Waals surface area contributed by atoms with E-state index < -0.39 is 23.9 Å². The average Bonchev–Trinajstić information content (AvgIpc) is 2.40. The minimum Gasteiger partial charge on any atom is -0.494 e. The normalized spacial score (nSPS) is 11.1. The summed E-state index contributed by atoms with van der Waals surface area (Å²) in [7, 11) is 1.29. The fraction of sp³-hybridized carbons (Fsp3) is 0.231. The van der Waals surface area contributed by atoms with E-state index in [1.54, 1.807) is 0 Å². The van der Waals surface area contributed by atoms with Crippen molar-refractivity contribution in [3.8, 4) is 18.1 Å². The van der Waals surface area contributed by atoms with Crippen LogP contribution in [0.5, 0.6) is 5.75 Å². The lowest BCUT2D eigenvalue weighted by molar-refractivity contribution is -0.139. The molecule has 0 aliphatic rings. The molecule has 0 radical (unpaired) electrons. The zero-order chi connectivity index (χ0) is 15.1. The second kappa shape index (κ2) is 6.99. The van der Waals surface area contributed by atoms with Gasteiger partial charge in [-0.2, -0.15) is 0 Å². The lowest BCUT2D eigenvalue weighted by Crippen LogP contribution is -2.42. The average molecular weight is 280 g/mol. The molecule has 0 bridgehead atoms. The summed E-state index contributed by atoms with van der Waals surface area (Å²) in [6.45, 7) is 0. The van der Waals surface area contributed by atoms with Gasteiger partial charge in [0.1, 0.15) is 6.04 Å². The van der Waals surface area contributed by atoms with Crippen molar-refractivity contribution < 1.29 is 23.8 Å². The molecule has 0 aromatic heterocycles. The van der Waals surface area contributed by atoms with Gasteiger partial charge in [0.25, 0.3) is 0 Å². The molecule has 0 fully saturated rings. The molecule has 3 N–H and O–H groups in total. The summed E-state index contributed by atoms with van der Waals surface area (Å²) in [4.78, 5) is 22.4. The van der Waals surface area contributed by atoms with E-state index in [0.29, 0.717) is 0 Å². The first kappa shape index (κ1) is 15.3. The Morgan fingerprint density at radius 1 is 1.55 bits per heavy atom. The molecule has 2 amide bonds. The number of rotatable bonds is 5. The zero-order valence-electron chi connectivity index (χ0n) is 10.6. The van der Waals surface area contributed by atoms with E-state index in [4.69, 9.17) is 16.3 Å². The molecule has 1 aromatic carbocycles. The molecule has 0 heterocycles. The first-order valence-corrected chi connectivity index (χ1v) is 5.55. The number of methoxy groups -OCH3 is 1.